The van der Waals surface area contributed by atoms with E-state index < -0.39 is 4.92 Å². The van der Waals surface area contributed by atoms with Crippen molar-refractivity contribution in [2.75, 3.05) is 44.5 Å². The highest BCUT2D eigenvalue weighted by Crippen LogP contribution is 2.23. The van der Waals surface area contributed by atoms with Gasteiger partial charge in [-0.05, 0) is 13.0 Å². The lowest BCUT2D eigenvalue weighted by Gasteiger charge is -2.15. The van der Waals surface area contributed by atoms with E-state index in [1.54, 1.807) is 20.3 Å². The lowest BCUT2D eigenvalue weighted by atomic mass is 10.3. The van der Waals surface area contributed by atoms with E-state index in [0.29, 0.717) is 25.5 Å². The zero-order valence-corrected chi connectivity index (χ0v) is 11.9. The minimum atomic E-state index is -0.469. The van der Waals surface area contributed by atoms with Crippen molar-refractivity contribution in [2.45, 2.75) is 13.0 Å². The first-order chi connectivity index (χ1) is 9.62. The number of pyridine rings is 1. The van der Waals surface area contributed by atoms with Crippen LogP contribution >= 0.6 is 0 Å². The van der Waals surface area contributed by atoms with E-state index in [1.807, 2.05) is 6.92 Å². The molecular weight excluding hydrogens is 264 g/mol. The highest BCUT2D eigenvalue weighted by atomic mass is 16.6. The van der Waals surface area contributed by atoms with Gasteiger partial charge in [0.25, 0.3) is 0 Å². The smallest absolute Gasteiger partial charge is 0.311 e. The molecule has 0 radical (unpaired) electrons. The van der Waals surface area contributed by atoms with Crippen LogP contribution in [0.1, 0.15) is 6.92 Å². The van der Waals surface area contributed by atoms with Crippen LogP contribution in [0.4, 0.5) is 17.3 Å². The first kappa shape index (κ1) is 16.1. The Morgan fingerprint density at radius 2 is 2.15 bits per heavy atom. The summed E-state index contributed by atoms with van der Waals surface area (Å²) < 4.78 is 10.2. The van der Waals surface area contributed by atoms with E-state index in [-0.39, 0.29) is 17.6 Å². The summed E-state index contributed by atoms with van der Waals surface area (Å²) in [6.07, 6.45) is -0.204. The monoisotopic (exact) mass is 284 g/mol. The first-order valence-corrected chi connectivity index (χ1v) is 6.27. The third kappa shape index (κ3) is 4.63. The van der Waals surface area contributed by atoms with Crippen LogP contribution in [0.2, 0.25) is 0 Å². The summed E-state index contributed by atoms with van der Waals surface area (Å²) in [5.41, 5.74) is -0.0704. The van der Waals surface area contributed by atoms with Gasteiger partial charge in [-0.1, -0.05) is 0 Å². The average molecular weight is 284 g/mol. The molecule has 20 heavy (non-hydrogen) atoms. The van der Waals surface area contributed by atoms with Crippen molar-refractivity contribution < 1.29 is 14.4 Å². The number of nitrogens with zero attached hydrogens (tertiary/aromatic N) is 2. The third-order valence-corrected chi connectivity index (χ3v) is 2.61. The molecule has 0 aromatic carbocycles. The maximum Gasteiger partial charge on any atom is 0.311 e. The summed E-state index contributed by atoms with van der Waals surface area (Å²) in [4.78, 5) is 14.7. The van der Waals surface area contributed by atoms with Crippen LogP contribution in [0.3, 0.4) is 0 Å². The Bertz CT molecular complexity index is 441. The van der Waals surface area contributed by atoms with Crippen LogP contribution < -0.4 is 10.6 Å². The number of nitrogens with one attached hydrogen (secondary N) is 2. The van der Waals surface area contributed by atoms with Crippen LogP contribution in [0.15, 0.2) is 12.1 Å². The number of nitro groups is 1. The Morgan fingerprint density at radius 3 is 2.70 bits per heavy atom. The van der Waals surface area contributed by atoms with Crippen molar-refractivity contribution in [1.29, 1.82) is 0 Å². The second-order valence-electron chi connectivity index (χ2n) is 4.05. The maximum atomic E-state index is 11.0. The summed E-state index contributed by atoms with van der Waals surface area (Å²) in [6, 6.07) is 3.00. The van der Waals surface area contributed by atoms with Crippen LogP contribution in [-0.4, -0.2) is 49.9 Å². The molecule has 0 saturated heterocycles. The quantitative estimate of drug-likeness (QED) is 0.523. The molecule has 0 amide bonds. The van der Waals surface area contributed by atoms with Crippen LogP contribution in [-0.2, 0) is 9.47 Å². The number of rotatable bonds is 9. The van der Waals surface area contributed by atoms with Crippen molar-refractivity contribution >= 4 is 17.3 Å². The molecule has 0 fully saturated rings. The van der Waals surface area contributed by atoms with E-state index in [4.69, 9.17) is 9.47 Å². The van der Waals surface area contributed by atoms with Gasteiger partial charge in [0, 0.05) is 33.4 Å². The van der Waals surface area contributed by atoms with Crippen molar-refractivity contribution in [3.05, 3.63) is 22.2 Å². The molecule has 0 aliphatic carbocycles. The highest BCUT2D eigenvalue weighted by molar-refractivity contribution is 5.60. The van der Waals surface area contributed by atoms with Crippen LogP contribution in [0, 0.1) is 10.1 Å². The number of hydrogen-bond donors (Lipinski definition) is 2. The van der Waals surface area contributed by atoms with Crippen LogP contribution in [0.25, 0.3) is 0 Å². The van der Waals surface area contributed by atoms with Gasteiger partial charge in [0.05, 0.1) is 17.6 Å². The summed E-state index contributed by atoms with van der Waals surface area (Å²) >= 11 is 0. The van der Waals surface area contributed by atoms with Gasteiger partial charge in [-0.3, -0.25) is 10.1 Å². The Morgan fingerprint density at radius 1 is 1.40 bits per heavy atom. The fourth-order valence-electron chi connectivity index (χ4n) is 1.62. The molecule has 0 saturated carbocycles. The summed E-state index contributed by atoms with van der Waals surface area (Å²) in [7, 11) is 3.13. The fourth-order valence-corrected chi connectivity index (χ4v) is 1.62. The van der Waals surface area contributed by atoms with E-state index >= 15 is 0 Å². The Labute approximate surface area is 117 Å². The molecule has 1 aromatic rings. The second kappa shape index (κ2) is 8.28. The normalized spacial score (nSPS) is 11.9. The van der Waals surface area contributed by atoms with Gasteiger partial charge >= 0.3 is 5.69 Å². The number of hydrogen-bond acceptors (Lipinski definition) is 7. The van der Waals surface area contributed by atoms with E-state index in [1.165, 1.54) is 6.07 Å². The second-order valence-corrected chi connectivity index (χ2v) is 4.05. The molecule has 1 atom stereocenters. The summed E-state index contributed by atoms with van der Waals surface area (Å²) in [5, 5.41) is 16.9. The number of methoxy groups -OCH3 is 2. The first-order valence-electron chi connectivity index (χ1n) is 6.27. The van der Waals surface area contributed by atoms with Crippen molar-refractivity contribution in [3.8, 4) is 0 Å². The molecule has 112 valence electrons. The minimum Gasteiger partial charge on any atom is -0.382 e. The Hall–Kier alpha value is -1.93. The fraction of sp³-hybridized carbons (Fsp3) is 0.583. The van der Waals surface area contributed by atoms with Crippen molar-refractivity contribution in [2.24, 2.45) is 0 Å². The highest BCUT2D eigenvalue weighted by Gasteiger charge is 2.17. The average Bonchev–Trinajstić information content (AvgIpc) is 2.43. The van der Waals surface area contributed by atoms with Gasteiger partial charge in [-0.2, -0.15) is 0 Å². The van der Waals surface area contributed by atoms with Crippen LogP contribution in [0.5, 0.6) is 0 Å². The van der Waals surface area contributed by atoms with Gasteiger partial charge in [0.15, 0.2) is 0 Å². The van der Waals surface area contributed by atoms with E-state index in [9.17, 15) is 10.1 Å². The Kier molecular flexibility index (Phi) is 6.68. The van der Waals surface area contributed by atoms with E-state index in [0.717, 1.165) is 0 Å². The largest absolute Gasteiger partial charge is 0.382 e. The van der Waals surface area contributed by atoms with Crippen molar-refractivity contribution in [1.82, 2.24) is 4.98 Å². The molecular formula is C12H20N4O4. The maximum absolute atomic E-state index is 11.0. The van der Waals surface area contributed by atoms with Gasteiger partial charge in [-0.15, -0.1) is 0 Å². The standard InChI is InChI=1S/C12H20N4O4/c1-4-13-11-6-5-10(16(17)18)12(15-11)14-7-9(20-3)8-19-2/h5-6,9H,4,7-8H2,1-3H3,(H2,13,14,15). The molecule has 1 rings (SSSR count). The SMILES string of the molecule is CCNc1ccc([N+](=O)[O-])c(NCC(COC)OC)n1. The van der Waals surface area contributed by atoms with Gasteiger partial charge in [0.2, 0.25) is 5.82 Å². The Balaban J connectivity index is 2.83. The zero-order chi connectivity index (χ0) is 15.0. The number of anilines is 2. The van der Waals surface area contributed by atoms with Gasteiger partial charge in [0.1, 0.15) is 5.82 Å². The lowest BCUT2D eigenvalue weighted by Crippen LogP contribution is -2.27. The summed E-state index contributed by atoms with van der Waals surface area (Å²) in [6.45, 7) is 3.38. The molecule has 0 aliphatic rings. The molecule has 8 heteroatoms. The molecule has 8 nitrogen and oxygen atoms in total. The number of aromatic nitrogens is 1. The summed E-state index contributed by atoms with van der Waals surface area (Å²) in [5.74, 6) is 0.799. The van der Waals surface area contributed by atoms with E-state index in [2.05, 4.69) is 15.6 Å². The molecule has 1 heterocycles. The molecule has 1 unspecified atom stereocenters. The molecule has 0 spiro atoms. The number of ether oxygens (including phenoxy) is 2. The predicted molar refractivity (Wildman–Crippen MR) is 76.2 cm³/mol. The van der Waals surface area contributed by atoms with Gasteiger partial charge in [-0.25, -0.2) is 4.98 Å². The predicted octanol–water partition coefficient (Wildman–Crippen LogP) is 1.49. The van der Waals surface area contributed by atoms with Gasteiger partial charge < -0.3 is 20.1 Å². The zero-order valence-electron chi connectivity index (χ0n) is 11.9. The molecule has 0 aliphatic heterocycles. The topological polar surface area (TPSA) is 98.6 Å². The lowest BCUT2D eigenvalue weighted by molar-refractivity contribution is -0.384. The molecule has 2 N–H and O–H groups in total. The minimum absolute atomic E-state index is 0.0704. The third-order valence-electron chi connectivity index (χ3n) is 2.61. The molecule has 1 aromatic heterocycles. The van der Waals surface area contributed by atoms with Crippen molar-refractivity contribution in [3.63, 3.8) is 0 Å². The molecule has 0 bridgehead atoms.